The molecule has 8 nitrogen and oxygen atoms in total. The monoisotopic (exact) mass is 551 g/mol. The summed E-state index contributed by atoms with van der Waals surface area (Å²) in [6.45, 7) is 6.74. The minimum absolute atomic E-state index is 0.0906. The largest absolute Gasteiger partial charge is 0.492 e. The van der Waals surface area contributed by atoms with E-state index in [4.69, 9.17) is 9.47 Å². The van der Waals surface area contributed by atoms with E-state index in [1.165, 1.54) is 16.7 Å². The number of para-hydroxylation sites is 1. The Morgan fingerprint density at radius 3 is 2.56 bits per heavy atom. The van der Waals surface area contributed by atoms with Gasteiger partial charge in [0, 0.05) is 63.5 Å². The third-order valence-electron chi connectivity index (χ3n) is 7.88. The SMILES string of the molecule is O=C(NCCN1CCOCC1)c1cccc2c1OCCC2NCc1cncn1Cc1ccc(-c2ccccc2)cc1. The van der Waals surface area contributed by atoms with Gasteiger partial charge in [-0.3, -0.25) is 9.69 Å². The number of ether oxygens (including phenoxy) is 2. The molecule has 3 aromatic carbocycles. The summed E-state index contributed by atoms with van der Waals surface area (Å²) in [6.07, 6.45) is 4.65. The zero-order valence-electron chi connectivity index (χ0n) is 23.3. The highest BCUT2D eigenvalue weighted by Gasteiger charge is 2.26. The van der Waals surface area contributed by atoms with Crippen molar-refractivity contribution in [2.75, 3.05) is 46.0 Å². The number of imidazole rings is 1. The van der Waals surface area contributed by atoms with Crippen molar-refractivity contribution >= 4 is 5.91 Å². The van der Waals surface area contributed by atoms with Gasteiger partial charge in [0.1, 0.15) is 5.75 Å². The molecule has 0 bridgehead atoms. The van der Waals surface area contributed by atoms with Crippen molar-refractivity contribution in [2.45, 2.75) is 25.6 Å². The molecule has 1 aromatic heterocycles. The van der Waals surface area contributed by atoms with Gasteiger partial charge in [-0.05, 0) is 22.8 Å². The van der Waals surface area contributed by atoms with Gasteiger partial charge in [0.2, 0.25) is 0 Å². The number of morpholine rings is 1. The molecular formula is C33H37N5O3. The maximum absolute atomic E-state index is 13.1. The molecule has 212 valence electrons. The molecule has 2 aliphatic rings. The molecule has 1 fully saturated rings. The molecule has 0 spiro atoms. The highest BCUT2D eigenvalue weighted by atomic mass is 16.5. The summed E-state index contributed by atoms with van der Waals surface area (Å²) in [6, 6.07) is 25.1. The number of carbonyl (C=O) groups excluding carboxylic acids is 1. The summed E-state index contributed by atoms with van der Waals surface area (Å²) >= 11 is 0. The Bertz CT molecular complexity index is 1430. The standard InChI is InChI=1S/C33H37N5O3/c39-33(35-14-15-37-16-19-40-20-17-37)30-8-4-7-29-31(13-18-41-32(29)30)36-22-28-21-34-24-38(28)23-25-9-11-27(12-10-25)26-5-2-1-3-6-26/h1-12,21,24,31,36H,13-20,22-23H2,(H,35,39). The van der Waals surface area contributed by atoms with Gasteiger partial charge in [-0.25, -0.2) is 4.98 Å². The molecule has 6 rings (SSSR count). The molecule has 1 saturated heterocycles. The summed E-state index contributed by atoms with van der Waals surface area (Å²) in [5.74, 6) is 0.597. The van der Waals surface area contributed by atoms with E-state index in [1.54, 1.807) is 0 Å². The normalized spacial score (nSPS) is 17.0. The van der Waals surface area contributed by atoms with Crippen LogP contribution in [0.5, 0.6) is 5.75 Å². The van der Waals surface area contributed by atoms with Gasteiger partial charge in [-0.15, -0.1) is 0 Å². The summed E-state index contributed by atoms with van der Waals surface area (Å²) in [5, 5.41) is 6.77. The number of aromatic nitrogens is 2. The zero-order chi connectivity index (χ0) is 27.9. The number of rotatable bonds is 10. The number of benzene rings is 3. The number of carbonyl (C=O) groups is 1. The average molecular weight is 552 g/mol. The predicted molar refractivity (Wildman–Crippen MR) is 159 cm³/mol. The fourth-order valence-electron chi connectivity index (χ4n) is 5.56. The summed E-state index contributed by atoms with van der Waals surface area (Å²) in [7, 11) is 0. The number of fused-ring (bicyclic) bond motifs is 1. The lowest BCUT2D eigenvalue weighted by Crippen LogP contribution is -2.41. The molecule has 41 heavy (non-hydrogen) atoms. The molecule has 2 N–H and O–H groups in total. The molecule has 8 heteroatoms. The van der Waals surface area contributed by atoms with Crippen LogP contribution in [0.1, 0.15) is 39.6 Å². The van der Waals surface area contributed by atoms with Gasteiger partial charge < -0.3 is 24.7 Å². The van der Waals surface area contributed by atoms with Crippen molar-refractivity contribution in [3.05, 3.63) is 108 Å². The van der Waals surface area contributed by atoms with Gasteiger partial charge in [0.25, 0.3) is 5.91 Å². The second-order valence-electron chi connectivity index (χ2n) is 10.6. The van der Waals surface area contributed by atoms with Gasteiger partial charge in [0.05, 0.1) is 37.4 Å². The first-order chi connectivity index (χ1) is 20.2. The number of nitrogens with one attached hydrogen (secondary N) is 2. The van der Waals surface area contributed by atoms with Crippen LogP contribution in [0.2, 0.25) is 0 Å². The Labute approximate surface area is 241 Å². The molecule has 3 heterocycles. The second-order valence-corrected chi connectivity index (χ2v) is 10.6. The average Bonchev–Trinajstić information content (AvgIpc) is 3.47. The van der Waals surface area contributed by atoms with Crippen molar-refractivity contribution in [2.24, 2.45) is 0 Å². The molecule has 0 radical (unpaired) electrons. The molecule has 1 amide bonds. The first-order valence-corrected chi connectivity index (χ1v) is 14.5. The lowest BCUT2D eigenvalue weighted by atomic mass is 9.97. The van der Waals surface area contributed by atoms with Crippen LogP contribution in [0.3, 0.4) is 0 Å². The van der Waals surface area contributed by atoms with Crippen LogP contribution < -0.4 is 15.4 Å². The molecule has 4 aromatic rings. The minimum atomic E-state index is -0.0906. The summed E-state index contributed by atoms with van der Waals surface area (Å²) in [5.41, 5.74) is 6.40. The molecule has 1 atom stereocenters. The van der Waals surface area contributed by atoms with Crippen LogP contribution >= 0.6 is 0 Å². The van der Waals surface area contributed by atoms with Gasteiger partial charge in [-0.1, -0.05) is 66.7 Å². The Hall–Kier alpha value is -3.98. The van der Waals surface area contributed by atoms with Crippen LogP contribution in [0, 0.1) is 0 Å². The van der Waals surface area contributed by atoms with E-state index in [9.17, 15) is 4.79 Å². The lowest BCUT2D eigenvalue weighted by Gasteiger charge is -2.29. The Balaban J connectivity index is 1.07. The van der Waals surface area contributed by atoms with Crippen molar-refractivity contribution in [3.8, 4) is 16.9 Å². The first-order valence-electron chi connectivity index (χ1n) is 14.5. The maximum atomic E-state index is 13.1. The quantitative estimate of drug-likeness (QED) is 0.306. The third-order valence-corrected chi connectivity index (χ3v) is 7.88. The van der Waals surface area contributed by atoms with Crippen molar-refractivity contribution in [1.82, 2.24) is 25.1 Å². The van der Waals surface area contributed by atoms with E-state index < -0.39 is 0 Å². The number of hydrogen-bond donors (Lipinski definition) is 2. The topological polar surface area (TPSA) is 80.7 Å². The Kier molecular flexibility index (Phi) is 8.71. The third kappa shape index (κ3) is 6.68. The summed E-state index contributed by atoms with van der Waals surface area (Å²) < 4.78 is 13.6. The van der Waals surface area contributed by atoms with Crippen LogP contribution in [0.25, 0.3) is 11.1 Å². The van der Waals surface area contributed by atoms with Crippen LogP contribution in [-0.2, 0) is 17.8 Å². The molecule has 1 unspecified atom stereocenters. The van der Waals surface area contributed by atoms with Crippen LogP contribution in [0.4, 0.5) is 0 Å². The smallest absolute Gasteiger partial charge is 0.255 e. The fourth-order valence-corrected chi connectivity index (χ4v) is 5.56. The molecule has 0 saturated carbocycles. The highest BCUT2D eigenvalue weighted by molar-refractivity contribution is 5.97. The first kappa shape index (κ1) is 27.2. The van der Waals surface area contributed by atoms with E-state index in [2.05, 4.69) is 79.7 Å². The van der Waals surface area contributed by atoms with E-state index in [1.807, 2.05) is 30.7 Å². The van der Waals surface area contributed by atoms with Crippen LogP contribution in [-0.4, -0.2) is 66.4 Å². The Morgan fingerprint density at radius 2 is 1.73 bits per heavy atom. The number of nitrogens with zero attached hydrogens (tertiary/aromatic N) is 3. The van der Waals surface area contributed by atoms with Gasteiger partial charge >= 0.3 is 0 Å². The maximum Gasteiger partial charge on any atom is 0.255 e. The molecule has 0 aliphatic carbocycles. The zero-order valence-corrected chi connectivity index (χ0v) is 23.3. The summed E-state index contributed by atoms with van der Waals surface area (Å²) in [4.78, 5) is 19.8. The van der Waals surface area contributed by atoms with Gasteiger partial charge in [0.15, 0.2) is 0 Å². The van der Waals surface area contributed by atoms with Crippen LogP contribution in [0.15, 0.2) is 85.3 Å². The van der Waals surface area contributed by atoms with E-state index in [-0.39, 0.29) is 11.9 Å². The van der Waals surface area contributed by atoms with E-state index >= 15 is 0 Å². The fraction of sp³-hybridized carbons (Fsp3) is 0.333. The molecule has 2 aliphatic heterocycles. The Morgan fingerprint density at radius 1 is 0.927 bits per heavy atom. The number of hydrogen-bond acceptors (Lipinski definition) is 6. The van der Waals surface area contributed by atoms with Crippen molar-refractivity contribution in [3.63, 3.8) is 0 Å². The highest BCUT2D eigenvalue weighted by Crippen LogP contribution is 2.35. The number of amides is 1. The molecular weight excluding hydrogens is 514 g/mol. The van der Waals surface area contributed by atoms with Crippen molar-refractivity contribution in [1.29, 1.82) is 0 Å². The lowest BCUT2D eigenvalue weighted by molar-refractivity contribution is 0.0383. The second kappa shape index (κ2) is 13.1. The predicted octanol–water partition coefficient (Wildman–Crippen LogP) is 4.27. The minimum Gasteiger partial charge on any atom is -0.492 e. The van der Waals surface area contributed by atoms with Crippen molar-refractivity contribution < 1.29 is 14.3 Å². The van der Waals surface area contributed by atoms with Gasteiger partial charge in [-0.2, -0.15) is 0 Å². The van der Waals surface area contributed by atoms with E-state index in [0.29, 0.717) is 31.0 Å². The van der Waals surface area contributed by atoms with E-state index in [0.717, 1.165) is 57.1 Å².